The Morgan fingerprint density at radius 1 is 1.36 bits per heavy atom. The molecule has 0 aliphatic rings. The minimum absolute atomic E-state index is 0.307. The number of nitriles is 1. The van der Waals surface area contributed by atoms with Crippen molar-refractivity contribution in [1.29, 1.82) is 5.26 Å². The van der Waals surface area contributed by atoms with Crippen LogP contribution in [0.1, 0.15) is 17.8 Å². The van der Waals surface area contributed by atoms with Crippen LogP contribution in [0.5, 0.6) is 0 Å². The van der Waals surface area contributed by atoms with E-state index in [1.54, 1.807) is 6.07 Å². The fourth-order valence-electron chi connectivity index (χ4n) is 0.873. The molecular weight excluding hydrogens is 200 g/mol. The maximum Gasteiger partial charge on any atom is 0.283 e. The number of halogens is 4. The monoisotopic (exact) mass is 204 g/mol. The summed E-state index contributed by atoms with van der Waals surface area (Å²) in [4.78, 5) is 3.04. The largest absolute Gasteiger partial charge is 0.283 e. The van der Waals surface area contributed by atoms with Crippen LogP contribution in [0.2, 0.25) is 0 Å². The summed E-state index contributed by atoms with van der Waals surface area (Å²) < 4.78 is 49.6. The lowest BCUT2D eigenvalue weighted by Crippen LogP contribution is -2.03. The molecule has 0 unspecified atom stereocenters. The molecule has 0 amide bonds. The standard InChI is InChI=1S/C8H4F4N2/c9-4-3-5(10)7(8(11)12)14-6(4)1-2-13/h3,8H,1H2. The van der Waals surface area contributed by atoms with Gasteiger partial charge in [0.25, 0.3) is 6.43 Å². The third-order valence-electron chi connectivity index (χ3n) is 1.48. The summed E-state index contributed by atoms with van der Waals surface area (Å²) in [6.45, 7) is 0. The van der Waals surface area contributed by atoms with Gasteiger partial charge in [-0.2, -0.15) is 5.26 Å². The first-order valence-electron chi connectivity index (χ1n) is 3.56. The zero-order valence-electron chi connectivity index (χ0n) is 6.77. The number of aromatic nitrogens is 1. The minimum atomic E-state index is -3.12. The van der Waals surface area contributed by atoms with Gasteiger partial charge in [-0.15, -0.1) is 0 Å². The van der Waals surface area contributed by atoms with Crippen LogP contribution in [0.15, 0.2) is 6.07 Å². The number of alkyl halides is 2. The molecule has 0 aliphatic carbocycles. The molecule has 2 nitrogen and oxygen atoms in total. The molecule has 0 radical (unpaired) electrons. The van der Waals surface area contributed by atoms with E-state index < -0.39 is 35.9 Å². The van der Waals surface area contributed by atoms with E-state index >= 15 is 0 Å². The van der Waals surface area contributed by atoms with Crippen LogP contribution in [-0.2, 0) is 6.42 Å². The van der Waals surface area contributed by atoms with Crippen molar-refractivity contribution in [2.45, 2.75) is 12.8 Å². The number of hydrogen-bond donors (Lipinski definition) is 0. The Morgan fingerprint density at radius 3 is 2.50 bits per heavy atom. The molecule has 74 valence electrons. The lowest BCUT2D eigenvalue weighted by atomic mass is 10.2. The van der Waals surface area contributed by atoms with Crippen molar-refractivity contribution >= 4 is 0 Å². The van der Waals surface area contributed by atoms with E-state index in [-0.39, 0.29) is 0 Å². The fraction of sp³-hybridized carbons (Fsp3) is 0.250. The lowest BCUT2D eigenvalue weighted by Gasteiger charge is -2.03. The smallest absolute Gasteiger partial charge is 0.245 e. The first-order valence-corrected chi connectivity index (χ1v) is 3.56. The molecule has 1 aromatic heterocycles. The van der Waals surface area contributed by atoms with Crippen molar-refractivity contribution in [1.82, 2.24) is 4.98 Å². The van der Waals surface area contributed by atoms with Gasteiger partial charge < -0.3 is 0 Å². The first kappa shape index (κ1) is 10.4. The zero-order chi connectivity index (χ0) is 10.7. The number of hydrogen-bond acceptors (Lipinski definition) is 2. The Morgan fingerprint density at radius 2 is 2.00 bits per heavy atom. The van der Waals surface area contributed by atoms with Gasteiger partial charge in [-0.3, -0.25) is 0 Å². The molecule has 1 aromatic rings. The van der Waals surface area contributed by atoms with Crippen LogP contribution >= 0.6 is 0 Å². The number of rotatable bonds is 2. The van der Waals surface area contributed by atoms with Gasteiger partial charge in [0, 0.05) is 6.07 Å². The van der Waals surface area contributed by atoms with Crippen LogP contribution in [-0.4, -0.2) is 4.98 Å². The molecule has 0 spiro atoms. The van der Waals surface area contributed by atoms with E-state index in [4.69, 9.17) is 5.26 Å². The van der Waals surface area contributed by atoms with Crippen molar-refractivity contribution in [3.8, 4) is 6.07 Å². The van der Waals surface area contributed by atoms with Crippen molar-refractivity contribution in [2.75, 3.05) is 0 Å². The summed E-state index contributed by atoms with van der Waals surface area (Å²) in [7, 11) is 0. The zero-order valence-corrected chi connectivity index (χ0v) is 6.77. The average molecular weight is 204 g/mol. The van der Waals surface area contributed by atoms with Crippen LogP contribution in [0.4, 0.5) is 17.6 Å². The highest BCUT2D eigenvalue weighted by atomic mass is 19.3. The Hall–Kier alpha value is -1.64. The minimum Gasteiger partial charge on any atom is -0.245 e. The highest BCUT2D eigenvalue weighted by Gasteiger charge is 2.18. The molecule has 1 heterocycles. The Labute approximate surface area is 76.8 Å². The van der Waals surface area contributed by atoms with E-state index in [2.05, 4.69) is 4.98 Å². The topological polar surface area (TPSA) is 36.7 Å². The predicted octanol–water partition coefficient (Wildman–Crippen LogP) is 2.36. The molecular formula is C8H4F4N2. The van der Waals surface area contributed by atoms with E-state index in [1.807, 2.05) is 0 Å². The van der Waals surface area contributed by atoms with Crippen LogP contribution in [0.25, 0.3) is 0 Å². The van der Waals surface area contributed by atoms with E-state index in [0.29, 0.717) is 6.07 Å². The van der Waals surface area contributed by atoms with Crippen molar-refractivity contribution in [3.05, 3.63) is 29.1 Å². The third-order valence-corrected chi connectivity index (χ3v) is 1.48. The highest BCUT2D eigenvalue weighted by molar-refractivity contribution is 5.18. The second-order valence-electron chi connectivity index (χ2n) is 2.42. The third kappa shape index (κ3) is 1.99. The normalized spacial score (nSPS) is 10.3. The summed E-state index contributed by atoms with van der Waals surface area (Å²) in [5, 5.41) is 8.21. The van der Waals surface area contributed by atoms with Gasteiger partial charge >= 0.3 is 0 Å². The maximum atomic E-state index is 12.8. The Kier molecular flexibility index (Phi) is 3.02. The molecule has 0 aromatic carbocycles. The molecule has 1 rings (SSSR count). The molecule has 0 aliphatic heterocycles. The maximum absolute atomic E-state index is 12.8. The molecule has 0 N–H and O–H groups in total. The molecule has 14 heavy (non-hydrogen) atoms. The first-order chi connectivity index (χ1) is 6.56. The number of pyridine rings is 1. The van der Waals surface area contributed by atoms with Crippen molar-refractivity contribution < 1.29 is 17.6 Å². The molecule has 0 saturated heterocycles. The van der Waals surface area contributed by atoms with Crippen LogP contribution in [0.3, 0.4) is 0 Å². The second-order valence-corrected chi connectivity index (χ2v) is 2.42. The Balaban J connectivity index is 3.21. The van der Waals surface area contributed by atoms with Crippen LogP contribution in [0, 0.1) is 23.0 Å². The molecule has 0 bridgehead atoms. The summed E-state index contributed by atoms with van der Waals surface area (Å²) in [5.41, 5.74) is -1.60. The van der Waals surface area contributed by atoms with Gasteiger partial charge in [0.1, 0.15) is 11.5 Å². The van der Waals surface area contributed by atoms with Gasteiger partial charge in [-0.1, -0.05) is 0 Å². The Bertz CT molecular complexity index is 384. The fourth-order valence-corrected chi connectivity index (χ4v) is 0.873. The molecule has 0 saturated carbocycles. The van der Waals surface area contributed by atoms with E-state index in [0.717, 1.165) is 0 Å². The summed E-state index contributed by atoms with van der Waals surface area (Å²) >= 11 is 0. The van der Waals surface area contributed by atoms with Crippen LogP contribution < -0.4 is 0 Å². The average Bonchev–Trinajstić information content (AvgIpc) is 2.09. The highest BCUT2D eigenvalue weighted by Crippen LogP contribution is 2.21. The molecule has 0 atom stereocenters. The quantitative estimate of drug-likeness (QED) is 0.693. The summed E-state index contributed by atoms with van der Waals surface area (Å²) in [6.07, 6.45) is -3.58. The van der Waals surface area contributed by atoms with E-state index in [1.165, 1.54) is 0 Å². The van der Waals surface area contributed by atoms with E-state index in [9.17, 15) is 17.6 Å². The van der Waals surface area contributed by atoms with Gasteiger partial charge in [-0.05, 0) is 0 Å². The SMILES string of the molecule is N#CCc1nc(C(F)F)c(F)cc1F. The predicted molar refractivity (Wildman–Crippen MR) is 38.4 cm³/mol. The van der Waals surface area contributed by atoms with Crippen molar-refractivity contribution in [3.63, 3.8) is 0 Å². The van der Waals surface area contributed by atoms with Crippen molar-refractivity contribution in [2.24, 2.45) is 0 Å². The summed E-state index contributed by atoms with van der Waals surface area (Å²) in [5.74, 6) is -2.49. The van der Waals surface area contributed by atoms with Gasteiger partial charge in [0.15, 0.2) is 5.82 Å². The number of nitrogens with zero attached hydrogens (tertiary/aromatic N) is 2. The lowest BCUT2D eigenvalue weighted by molar-refractivity contribution is 0.140. The second kappa shape index (κ2) is 4.05. The van der Waals surface area contributed by atoms with Gasteiger partial charge in [-0.25, -0.2) is 22.5 Å². The summed E-state index contributed by atoms with van der Waals surface area (Å²) in [6, 6.07) is 1.85. The van der Waals surface area contributed by atoms with Gasteiger partial charge in [0.2, 0.25) is 0 Å². The molecule has 6 heteroatoms. The van der Waals surface area contributed by atoms with Gasteiger partial charge in [0.05, 0.1) is 18.2 Å². The molecule has 0 fully saturated rings.